The van der Waals surface area contributed by atoms with E-state index in [2.05, 4.69) is 5.32 Å². The van der Waals surface area contributed by atoms with Crippen LogP contribution in [0.4, 0.5) is 5.69 Å². The number of aromatic carboxylic acids is 1. The van der Waals surface area contributed by atoms with E-state index < -0.39 is 17.6 Å². The van der Waals surface area contributed by atoms with Crippen molar-refractivity contribution in [2.75, 3.05) is 5.32 Å². The second kappa shape index (κ2) is 5.54. The number of phenolic OH excluding ortho intramolecular Hbond substituents is 2. The Morgan fingerprint density at radius 2 is 1.71 bits per heavy atom. The van der Waals surface area contributed by atoms with Gasteiger partial charge < -0.3 is 20.6 Å². The molecule has 0 unspecified atom stereocenters. The first kappa shape index (κ1) is 14.4. The molecule has 1 amide bonds. The van der Waals surface area contributed by atoms with Gasteiger partial charge in [0, 0.05) is 6.07 Å². The molecule has 21 heavy (non-hydrogen) atoms. The maximum absolute atomic E-state index is 12.1. The number of rotatable bonds is 3. The Morgan fingerprint density at radius 1 is 1.00 bits per heavy atom. The number of carbonyl (C=O) groups is 2. The minimum atomic E-state index is -1.16. The molecule has 0 aliphatic heterocycles. The van der Waals surface area contributed by atoms with Crippen LogP contribution < -0.4 is 5.32 Å². The lowest BCUT2D eigenvalue weighted by atomic mass is 10.1. The number of nitrogens with one attached hydrogen (secondary N) is 1. The van der Waals surface area contributed by atoms with Crippen molar-refractivity contribution >= 4 is 17.6 Å². The van der Waals surface area contributed by atoms with Crippen LogP contribution in [0, 0.1) is 6.92 Å². The van der Waals surface area contributed by atoms with Gasteiger partial charge >= 0.3 is 5.97 Å². The fourth-order valence-electron chi connectivity index (χ4n) is 1.85. The van der Waals surface area contributed by atoms with Gasteiger partial charge in [-0.3, -0.25) is 4.79 Å². The Kier molecular flexibility index (Phi) is 3.80. The molecule has 0 fully saturated rings. The molecule has 0 aromatic heterocycles. The summed E-state index contributed by atoms with van der Waals surface area (Å²) in [5, 5.41) is 30.4. The number of carboxylic acids is 1. The maximum atomic E-state index is 12.1. The number of phenols is 2. The monoisotopic (exact) mass is 287 g/mol. The molecule has 0 radical (unpaired) electrons. The highest BCUT2D eigenvalue weighted by Gasteiger charge is 2.16. The number of aromatic hydroxyl groups is 2. The zero-order chi connectivity index (χ0) is 15.6. The molecular weight excluding hydrogens is 274 g/mol. The molecule has 2 aromatic rings. The maximum Gasteiger partial charge on any atom is 0.337 e. The first-order valence-electron chi connectivity index (χ1n) is 6.06. The van der Waals surface area contributed by atoms with Crippen LogP contribution in [0.5, 0.6) is 11.5 Å². The molecule has 4 N–H and O–H groups in total. The van der Waals surface area contributed by atoms with E-state index in [0.29, 0.717) is 0 Å². The summed E-state index contributed by atoms with van der Waals surface area (Å²) in [6, 6.07) is 8.11. The van der Waals surface area contributed by atoms with Crippen LogP contribution in [0.2, 0.25) is 0 Å². The number of anilines is 1. The lowest BCUT2D eigenvalue weighted by Gasteiger charge is -2.10. The van der Waals surface area contributed by atoms with Gasteiger partial charge in [-0.05, 0) is 31.2 Å². The predicted molar refractivity (Wildman–Crippen MR) is 75.9 cm³/mol. The summed E-state index contributed by atoms with van der Waals surface area (Å²) in [5.41, 5.74) is 0.773. The molecule has 0 aliphatic rings. The molecule has 0 spiro atoms. The fraction of sp³-hybridized carbons (Fsp3) is 0.0667. The van der Waals surface area contributed by atoms with E-state index in [1.165, 1.54) is 24.3 Å². The van der Waals surface area contributed by atoms with Gasteiger partial charge in [0.05, 0.1) is 16.8 Å². The molecule has 0 atom stereocenters. The van der Waals surface area contributed by atoms with E-state index in [1.54, 1.807) is 13.0 Å². The normalized spacial score (nSPS) is 10.1. The molecule has 0 saturated carbocycles. The topological polar surface area (TPSA) is 107 Å². The molecule has 6 nitrogen and oxygen atoms in total. The quantitative estimate of drug-likeness (QED) is 0.693. The fourth-order valence-corrected chi connectivity index (χ4v) is 1.85. The van der Waals surface area contributed by atoms with Crippen LogP contribution in [0.1, 0.15) is 26.3 Å². The molecule has 0 saturated heterocycles. The highest BCUT2D eigenvalue weighted by atomic mass is 16.4. The van der Waals surface area contributed by atoms with E-state index in [0.717, 1.165) is 11.6 Å². The third-order valence-electron chi connectivity index (χ3n) is 2.88. The third kappa shape index (κ3) is 3.11. The molecular formula is C15H13NO5. The second-order valence-electron chi connectivity index (χ2n) is 4.51. The van der Waals surface area contributed by atoms with E-state index >= 15 is 0 Å². The van der Waals surface area contributed by atoms with Gasteiger partial charge in [0.2, 0.25) is 0 Å². The Balaban J connectivity index is 2.34. The average molecular weight is 287 g/mol. The largest absolute Gasteiger partial charge is 0.508 e. The molecule has 108 valence electrons. The summed E-state index contributed by atoms with van der Waals surface area (Å²) >= 11 is 0. The lowest BCUT2D eigenvalue weighted by molar-refractivity contribution is 0.0698. The Bertz CT molecular complexity index is 724. The van der Waals surface area contributed by atoms with Crippen molar-refractivity contribution in [1.29, 1.82) is 0 Å². The van der Waals surface area contributed by atoms with Gasteiger partial charge in [0.1, 0.15) is 11.5 Å². The minimum absolute atomic E-state index is 0.0402. The van der Waals surface area contributed by atoms with Gasteiger partial charge in [-0.1, -0.05) is 11.6 Å². The van der Waals surface area contributed by atoms with Crippen molar-refractivity contribution in [2.45, 2.75) is 6.92 Å². The number of aryl methyl sites for hydroxylation is 1. The molecule has 2 aromatic carbocycles. The number of amides is 1. The van der Waals surface area contributed by atoms with Crippen LogP contribution >= 0.6 is 0 Å². The number of carbonyl (C=O) groups excluding carboxylic acids is 1. The zero-order valence-electron chi connectivity index (χ0n) is 11.1. The Morgan fingerprint density at radius 3 is 2.33 bits per heavy atom. The Hall–Kier alpha value is -3.02. The highest BCUT2D eigenvalue weighted by molar-refractivity contribution is 6.09. The first-order valence-corrected chi connectivity index (χ1v) is 6.06. The summed E-state index contributed by atoms with van der Waals surface area (Å²) in [7, 11) is 0. The molecule has 0 aliphatic carbocycles. The van der Waals surface area contributed by atoms with E-state index in [9.17, 15) is 19.8 Å². The van der Waals surface area contributed by atoms with Crippen molar-refractivity contribution in [3.63, 3.8) is 0 Å². The standard InChI is InChI=1S/C15H13NO5/c1-8-2-5-12(11(6-8)15(20)21)16-14(19)10-4-3-9(17)7-13(10)18/h2-7,17-18H,1H3,(H,16,19)(H,20,21). The zero-order valence-corrected chi connectivity index (χ0v) is 11.1. The van der Waals surface area contributed by atoms with E-state index in [1.807, 2.05) is 0 Å². The van der Waals surface area contributed by atoms with E-state index in [4.69, 9.17) is 5.11 Å². The van der Waals surface area contributed by atoms with Crippen LogP contribution in [0.15, 0.2) is 36.4 Å². The first-order chi connectivity index (χ1) is 9.88. The highest BCUT2D eigenvalue weighted by Crippen LogP contribution is 2.24. The van der Waals surface area contributed by atoms with Crippen LogP contribution in [-0.4, -0.2) is 27.2 Å². The van der Waals surface area contributed by atoms with Crippen molar-refractivity contribution in [2.24, 2.45) is 0 Å². The van der Waals surface area contributed by atoms with Gasteiger partial charge in [0.15, 0.2) is 0 Å². The lowest BCUT2D eigenvalue weighted by Crippen LogP contribution is -2.15. The summed E-state index contributed by atoms with van der Waals surface area (Å²) in [5.74, 6) is -2.40. The van der Waals surface area contributed by atoms with Crippen LogP contribution in [-0.2, 0) is 0 Å². The van der Waals surface area contributed by atoms with Gasteiger partial charge in [0.25, 0.3) is 5.91 Å². The SMILES string of the molecule is Cc1ccc(NC(=O)c2ccc(O)cc2O)c(C(=O)O)c1. The number of benzene rings is 2. The van der Waals surface area contributed by atoms with Gasteiger partial charge in [-0.2, -0.15) is 0 Å². The average Bonchev–Trinajstić information content (AvgIpc) is 2.40. The van der Waals surface area contributed by atoms with Crippen molar-refractivity contribution < 1.29 is 24.9 Å². The number of hydrogen-bond acceptors (Lipinski definition) is 4. The smallest absolute Gasteiger partial charge is 0.337 e. The van der Waals surface area contributed by atoms with Crippen molar-refractivity contribution in [3.05, 3.63) is 53.1 Å². The predicted octanol–water partition coefficient (Wildman–Crippen LogP) is 2.36. The molecule has 6 heteroatoms. The summed E-state index contributed by atoms with van der Waals surface area (Å²) in [4.78, 5) is 23.2. The molecule has 2 rings (SSSR count). The minimum Gasteiger partial charge on any atom is -0.508 e. The molecule has 0 heterocycles. The van der Waals surface area contributed by atoms with Crippen molar-refractivity contribution in [3.8, 4) is 11.5 Å². The molecule has 0 bridgehead atoms. The van der Waals surface area contributed by atoms with Crippen molar-refractivity contribution in [1.82, 2.24) is 0 Å². The van der Waals surface area contributed by atoms with E-state index in [-0.39, 0.29) is 22.6 Å². The second-order valence-corrected chi connectivity index (χ2v) is 4.51. The summed E-state index contributed by atoms with van der Waals surface area (Å²) < 4.78 is 0. The Labute approximate surface area is 120 Å². The van der Waals surface area contributed by atoms with Gasteiger partial charge in [-0.25, -0.2) is 4.79 Å². The van der Waals surface area contributed by atoms with Crippen LogP contribution in [0.25, 0.3) is 0 Å². The van der Waals surface area contributed by atoms with Gasteiger partial charge in [-0.15, -0.1) is 0 Å². The summed E-state index contributed by atoms with van der Waals surface area (Å²) in [6.45, 7) is 1.74. The summed E-state index contributed by atoms with van der Waals surface area (Å²) in [6.07, 6.45) is 0. The number of carboxylic acid groups (broad SMARTS) is 1. The number of hydrogen-bond donors (Lipinski definition) is 4. The van der Waals surface area contributed by atoms with Crippen LogP contribution in [0.3, 0.4) is 0 Å². The third-order valence-corrected chi connectivity index (χ3v) is 2.88.